The normalized spacial score (nSPS) is 17.2. The molecule has 1 heterocycles. The molecule has 228 valence electrons. The average molecular weight is 591 g/mol. The van der Waals surface area contributed by atoms with E-state index in [4.69, 9.17) is 5.73 Å². The zero-order chi connectivity index (χ0) is 31.5. The molecule has 2 aromatic carbocycles. The van der Waals surface area contributed by atoms with Crippen LogP contribution in [0.15, 0.2) is 54.1 Å². The van der Waals surface area contributed by atoms with Crippen molar-refractivity contribution in [1.29, 1.82) is 5.26 Å². The van der Waals surface area contributed by atoms with E-state index in [0.29, 0.717) is 13.0 Å². The molecule has 0 spiro atoms. The Balaban J connectivity index is 1.84. The molecule has 3 rings (SSSR count). The molecule has 12 heteroatoms. The van der Waals surface area contributed by atoms with Gasteiger partial charge in [-0.3, -0.25) is 19.2 Å². The van der Waals surface area contributed by atoms with Crippen LogP contribution < -0.4 is 27.0 Å². The van der Waals surface area contributed by atoms with Gasteiger partial charge in [0.15, 0.2) is 0 Å². The maximum atomic E-state index is 13.6. The Kier molecular flexibility index (Phi) is 11.6. The molecule has 12 nitrogen and oxygen atoms in total. The van der Waals surface area contributed by atoms with Gasteiger partial charge in [-0.15, -0.1) is 0 Å². The number of hydrogen-bond acceptors (Lipinski definition) is 6. The molecule has 1 aliphatic heterocycles. The second kappa shape index (κ2) is 15.3. The first kappa shape index (κ1) is 32.6. The lowest BCUT2D eigenvalue weighted by Gasteiger charge is -2.28. The van der Waals surface area contributed by atoms with Gasteiger partial charge >= 0.3 is 6.09 Å². The van der Waals surface area contributed by atoms with Crippen LogP contribution in [-0.4, -0.2) is 59.5 Å². The summed E-state index contributed by atoms with van der Waals surface area (Å²) in [5.74, 6) is -2.98. The summed E-state index contributed by atoms with van der Waals surface area (Å²) < 4.78 is 0. The van der Waals surface area contributed by atoms with Crippen LogP contribution in [0.5, 0.6) is 0 Å². The van der Waals surface area contributed by atoms with Crippen molar-refractivity contribution in [2.75, 3.05) is 6.54 Å². The highest BCUT2D eigenvalue weighted by atomic mass is 16.4. The molecule has 0 saturated carbocycles. The fraction of sp³-hybridized carbons (Fsp3) is 0.419. The van der Waals surface area contributed by atoms with Crippen molar-refractivity contribution in [2.24, 2.45) is 17.6 Å². The van der Waals surface area contributed by atoms with E-state index in [-0.39, 0.29) is 36.7 Å². The van der Waals surface area contributed by atoms with Crippen LogP contribution in [0.4, 0.5) is 4.79 Å². The molecular weight excluding hydrogens is 552 g/mol. The van der Waals surface area contributed by atoms with Crippen LogP contribution in [0.1, 0.15) is 45.1 Å². The summed E-state index contributed by atoms with van der Waals surface area (Å²) >= 11 is 0. The molecule has 0 aliphatic carbocycles. The van der Waals surface area contributed by atoms with Crippen molar-refractivity contribution in [3.05, 3.63) is 59.7 Å². The van der Waals surface area contributed by atoms with Gasteiger partial charge in [-0.05, 0) is 54.0 Å². The minimum atomic E-state index is -1.39. The average Bonchev–Trinajstić information content (AvgIpc) is 2.95. The molecule has 1 saturated heterocycles. The summed E-state index contributed by atoms with van der Waals surface area (Å²) in [5.41, 5.74) is 5.70. The predicted octanol–water partition coefficient (Wildman–Crippen LogP) is 1.89. The van der Waals surface area contributed by atoms with Gasteiger partial charge in [0.25, 0.3) is 5.91 Å². The smallest absolute Gasteiger partial charge is 0.405 e. The summed E-state index contributed by atoms with van der Waals surface area (Å²) in [5, 5.41) is 31.2. The third kappa shape index (κ3) is 9.56. The Bertz CT molecular complexity index is 1430. The van der Waals surface area contributed by atoms with Gasteiger partial charge in [-0.2, -0.15) is 5.26 Å². The van der Waals surface area contributed by atoms with E-state index in [1.165, 1.54) is 6.08 Å². The van der Waals surface area contributed by atoms with E-state index in [9.17, 15) is 34.3 Å². The maximum absolute atomic E-state index is 13.6. The van der Waals surface area contributed by atoms with Crippen molar-refractivity contribution >= 4 is 40.5 Å². The molecule has 5 amide bonds. The maximum Gasteiger partial charge on any atom is 0.405 e. The number of nitrogens with one attached hydrogen (secondary N) is 4. The van der Waals surface area contributed by atoms with Crippen LogP contribution in [0.3, 0.4) is 0 Å². The fourth-order valence-electron chi connectivity index (χ4n) is 5.22. The highest BCUT2D eigenvalue weighted by Gasteiger charge is 2.31. The van der Waals surface area contributed by atoms with Crippen molar-refractivity contribution in [2.45, 2.75) is 64.1 Å². The third-order valence-corrected chi connectivity index (χ3v) is 7.28. The second-order valence-electron chi connectivity index (χ2n) is 11.1. The first-order chi connectivity index (χ1) is 20.5. The number of amides is 5. The summed E-state index contributed by atoms with van der Waals surface area (Å²) in [4.78, 5) is 62.9. The van der Waals surface area contributed by atoms with E-state index in [0.717, 1.165) is 22.8 Å². The number of piperidine rings is 1. The van der Waals surface area contributed by atoms with Crippen molar-refractivity contribution < 1.29 is 29.1 Å². The standard InChI is InChI=1S/C31H38N6O6/c1-18(2)13-25(29(40)35-23(15-22(17-32)27(33)38)14-21-10-6-12-34-28(21)39)36-30(41)26(37-31(42)43)16-20-9-5-8-19-7-3-4-11-24(19)20/h3-5,7-9,11,15,18,21,23,25-26,37H,6,10,12-14,16H2,1-2H3,(H2,33,38)(H,34,39)(H,35,40)(H,36,41)(H,42,43)/b22-15+. The number of fused-ring (bicyclic) bond motifs is 1. The molecule has 7 N–H and O–H groups in total. The zero-order valence-corrected chi connectivity index (χ0v) is 24.3. The van der Waals surface area contributed by atoms with Gasteiger partial charge in [0.2, 0.25) is 17.7 Å². The number of nitrogens with zero attached hydrogens (tertiary/aromatic N) is 1. The van der Waals surface area contributed by atoms with E-state index < -0.39 is 47.9 Å². The molecule has 2 aromatic rings. The minimum absolute atomic E-state index is 0.0431. The molecule has 0 radical (unpaired) electrons. The SMILES string of the molecule is CC(C)CC(NC(=O)C(Cc1cccc2ccccc12)NC(=O)O)C(=O)NC(/C=C(\C#N)C(N)=O)CC1CCCNC1=O. The highest BCUT2D eigenvalue weighted by molar-refractivity contribution is 5.96. The summed E-state index contributed by atoms with van der Waals surface area (Å²) in [7, 11) is 0. The number of benzene rings is 2. The largest absolute Gasteiger partial charge is 0.465 e. The summed E-state index contributed by atoms with van der Waals surface area (Å²) in [6.45, 7) is 4.26. The van der Waals surface area contributed by atoms with Crippen LogP contribution in [0.2, 0.25) is 0 Å². The predicted molar refractivity (Wildman–Crippen MR) is 159 cm³/mol. The molecule has 43 heavy (non-hydrogen) atoms. The van der Waals surface area contributed by atoms with Crippen LogP contribution in [0.25, 0.3) is 10.8 Å². The number of hydrogen-bond donors (Lipinski definition) is 6. The van der Waals surface area contributed by atoms with Gasteiger partial charge in [-0.25, -0.2) is 4.79 Å². The number of primary amides is 1. The van der Waals surface area contributed by atoms with E-state index >= 15 is 0 Å². The molecule has 0 aromatic heterocycles. The molecule has 1 aliphatic rings. The van der Waals surface area contributed by atoms with Gasteiger partial charge in [0.1, 0.15) is 23.7 Å². The lowest BCUT2D eigenvalue weighted by Crippen LogP contribution is -2.55. The Hall–Kier alpha value is -4.92. The number of carbonyl (C=O) groups excluding carboxylic acids is 4. The van der Waals surface area contributed by atoms with Gasteiger partial charge < -0.3 is 32.1 Å². The Morgan fingerprint density at radius 1 is 1.07 bits per heavy atom. The first-order valence-corrected chi connectivity index (χ1v) is 14.2. The Labute approximate surface area is 250 Å². The van der Waals surface area contributed by atoms with Crippen LogP contribution >= 0.6 is 0 Å². The molecule has 4 atom stereocenters. The number of carboxylic acid groups (broad SMARTS) is 1. The van der Waals surface area contributed by atoms with Crippen molar-refractivity contribution in [1.82, 2.24) is 21.3 Å². The third-order valence-electron chi connectivity index (χ3n) is 7.28. The first-order valence-electron chi connectivity index (χ1n) is 14.2. The number of carbonyl (C=O) groups is 5. The lowest BCUT2D eigenvalue weighted by atomic mass is 9.90. The molecular formula is C31H38N6O6. The summed E-state index contributed by atoms with van der Waals surface area (Å²) in [6, 6.07) is 11.6. The molecule has 1 fully saturated rings. The minimum Gasteiger partial charge on any atom is -0.465 e. The number of nitriles is 1. The van der Waals surface area contributed by atoms with Crippen molar-refractivity contribution in [3.63, 3.8) is 0 Å². The van der Waals surface area contributed by atoms with E-state index in [2.05, 4.69) is 21.3 Å². The number of nitrogens with two attached hydrogens (primary N) is 1. The second-order valence-corrected chi connectivity index (χ2v) is 11.1. The fourth-order valence-corrected chi connectivity index (χ4v) is 5.22. The van der Waals surface area contributed by atoms with E-state index in [1.54, 1.807) is 6.07 Å². The van der Waals surface area contributed by atoms with E-state index in [1.807, 2.05) is 56.3 Å². The monoisotopic (exact) mass is 590 g/mol. The molecule has 0 bridgehead atoms. The lowest BCUT2D eigenvalue weighted by molar-refractivity contribution is -0.131. The van der Waals surface area contributed by atoms with Crippen molar-refractivity contribution in [3.8, 4) is 6.07 Å². The Morgan fingerprint density at radius 3 is 2.42 bits per heavy atom. The topological polar surface area (TPSA) is 204 Å². The quantitative estimate of drug-likeness (QED) is 0.151. The van der Waals surface area contributed by atoms with Crippen LogP contribution in [-0.2, 0) is 25.6 Å². The van der Waals surface area contributed by atoms with Crippen LogP contribution in [0, 0.1) is 23.2 Å². The van der Waals surface area contributed by atoms with Gasteiger partial charge in [-0.1, -0.05) is 56.3 Å². The van der Waals surface area contributed by atoms with Gasteiger partial charge in [0.05, 0.1) is 0 Å². The highest BCUT2D eigenvalue weighted by Crippen LogP contribution is 2.21. The molecule has 4 unspecified atom stereocenters. The zero-order valence-electron chi connectivity index (χ0n) is 24.3. The van der Waals surface area contributed by atoms with Gasteiger partial charge in [0, 0.05) is 24.9 Å². The number of rotatable bonds is 13. The summed E-state index contributed by atoms with van der Waals surface area (Å²) in [6.07, 6.45) is 1.51. The Morgan fingerprint density at radius 2 is 1.77 bits per heavy atom.